The fourth-order valence-electron chi connectivity index (χ4n) is 2.78. The molecule has 1 saturated heterocycles. The van der Waals surface area contributed by atoms with E-state index in [4.69, 9.17) is 4.74 Å². The maximum atomic E-state index is 5.68. The molecule has 1 aromatic rings. The highest BCUT2D eigenvalue weighted by atomic mass is 16.5. The molecule has 1 aliphatic rings. The summed E-state index contributed by atoms with van der Waals surface area (Å²) in [5, 5.41) is 3.71. The summed E-state index contributed by atoms with van der Waals surface area (Å²) in [4.78, 5) is 0. The molecule has 2 nitrogen and oxygen atoms in total. The van der Waals surface area contributed by atoms with Crippen molar-refractivity contribution in [3.8, 4) is 0 Å². The normalized spacial score (nSPS) is 20.9. The first kappa shape index (κ1) is 14.5. The van der Waals surface area contributed by atoms with Gasteiger partial charge < -0.3 is 10.1 Å². The van der Waals surface area contributed by atoms with Gasteiger partial charge in [-0.15, -0.1) is 0 Å². The van der Waals surface area contributed by atoms with E-state index in [2.05, 4.69) is 49.5 Å². The molecule has 2 rings (SSSR count). The summed E-state index contributed by atoms with van der Waals surface area (Å²) in [6.07, 6.45) is 5.29. The first-order valence-corrected chi connectivity index (χ1v) is 7.65. The zero-order valence-electron chi connectivity index (χ0n) is 12.3. The summed E-state index contributed by atoms with van der Waals surface area (Å²) in [6.45, 7) is 6.59. The van der Waals surface area contributed by atoms with Crippen LogP contribution in [0.25, 0.3) is 0 Å². The van der Waals surface area contributed by atoms with Crippen molar-refractivity contribution in [2.75, 3.05) is 13.2 Å². The van der Waals surface area contributed by atoms with Crippen LogP contribution in [0, 0.1) is 5.92 Å². The average molecular weight is 261 g/mol. The smallest absolute Gasteiger partial charge is 0.0588 e. The monoisotopic (exact) mass is 261 g/mol. The molecule has 1 heterocycles. The van der Waals surface area contributed by atoms with Crippen LogP contribution in [0.3, 0.4) is 0 Å². The number of rotatable bonds is 7. The maximum absolute atomic E-state index is 5.68. The fraction of sp³-hybridized carbons (Fsp3) is 0.647. The van der Waals surface area contributed by atoms with Crippen LogP contribution < -0.4 is 5.32 Å². The third-order valence-corrected chi connectivity index (χ3v) is 3.79. The minimum absolute atomic E-state index is 0.475. The Balaban J connectivity index is 1.83. The van der Waals surface area contributed by atoms with Gasteiger partial charge in [0.2, 0.25) is 0 Å². The molecular formula is C17H27NO. The molecule has 1 aromatic carbocycles. The molecule has 0 amide bonds. The molecule has 19 heavy (non-hydrogen) atoms. The number of ether oxygens (including phenoxy) is 1. The molecule has 2 heteroatoms. The van der Waals surface area contributed by atoms with E-state index >= 15 is 0 Å². The largest absolute Gasteiger partial charge is 0.378 e. The lowest BCUT2D eigenvalue weighted by molar-refractivity contribution is 0.103. The molecule has 0 bridgehead atoms. The summed E-state index contributed by atoms with van der Waals surface area (Å²) < 4.78 is 5.68. The zero-order valence-corrected chi connectivity index (χ0v) is 12.3. The Morgan fingerprint density at radius 2 is 2.05 bits per heavy atom. The number of benzene rings is 1. The van der Waals surface area contributed by atoms with Crippen molar-refractivity contribution in [3.63, 3.8) is 0 Å². The van der Waals surface area contributed by atoms with Gasteiger partial charge in [0.1, 0.15) is 0 Å². The third-order valence-electron chi connectivity index (χ3n) is 3.79. The van der Waals surface area contributed by atoms with Crippen LogP contribution in [0.5, 0.6) is 0 Å². The lowest BCUT2D eigenvalue weighted by atomic mass is 9.97. The first-order valence-electron chi connectivity index (χ1n) is 7.65. The van der Waals surface area contributed by atoms with E-state index < -0.39 is 0 Å². The summed E-state index contributed by atoms with van der Waals surface area (Å²) in [5.74, 6) is 0.709. The standard InChI is InChI=1S/C17H27NO/c1-14(2)13-17(15-7-4-3-5-8-15)18-11-10-16-9-6-12-19-16/h3-5,7-8,14,16-18H,6,9-13H2,1-2H3/t16-,17-/m1/s1. The fourth-order valence-corrected chi connectivity index (χ4v) is 2.78. The van der Waals surface area contributed by atoms with Gasteiger partial charge in [-0.1, -0.05) is 44.2 Å². The minimum atomic E-state index is 0.475. The molecule has 0 saturated carbocycles. The lowest BCUT2D eigenvalue weighted by Gasteiger charge is -2.22. The molecule has 0 radical (unpaired) electrons. The Labute approximate surface area is 117 Å². The van der Waals surface area contributed by atoms with Crippen molar-refractivity contribution in [2.45, 2.75) is 51.7 Å². The summed E-state index contributed by atoms with van der Waals surface area (Å²) in [7, 11) is 0. The number of hydrogen-bond donors (Lipinski definition) is 1. The van der Waals surface area contributed by atoms with Gasteiger partial charge in [-0.3, -0.25) is 0 Å². The molecule has 0 aliphatic carbocycles. The molecule has 1 aliphatic heterocycles. The van der Waals surface area contributed by atoms with Crippen molar-refractivity contribution in [3.05, 3.63) is 35.9 Å². The van der Waals surface area contributed by atoms with E-state index in [-0.39, 0.29) is 0 Å². The van der Waals surface area contributed by atoms with Crippen LogP contribution >= 0.6 is 0 Å². The Morgan fingerprint density at radius 3 is 2.68 bits per heavy atom. The van der Waals surface area contributed by atoms with E-state index in [1.807, 2.05) is 0 Å². The van der Waals surface area contributed by atoms with Crippen molar-refractivity contribution >= 4 is 0 Å². The molecule has 0 unspecified atom stereocenters. The van der Waals surface area contributed by atoms with Gasteiger partial charge in [0.05, 0.1) is 6.10 Å². The number of nitrogens with one attached hydrogen (secondary N) is 1. The van der Waals surface area contributed by atoms with Crippen LogP contribution in [0.2, 0.25) is 0 Å². The molecule has 1 fully saturated rings. The van der Waals surface area contributed by atoms with E-state index in [1.54, 1.807) is 0 Å². The second-order valence-corrected chi connectivity index (χ2v) is 5.97. The molecule has 106 valence electrons. The molecule has 0 aromatic heterocycles. The Kier molecular flexibility index (Phi) is 5.87. The van der Waals surface area contributed by atoms with E-state index in [0.717, 1.165) is 19.6 Å². The highest BCUT2D eigenvalue weighted by Gasteiger charge is 2.17. The topological polar surface area (TPSA) is 21.3 Å². The second kappa shape index (κ2) is 7.66. The Hall–Kier alpha value is -0.860. The van der Waals surface area contributed by atoms with Gasteiger partial charge in [0, 0.05) is 12.6 Å². The van der Waals surface area contributed by atoms with E-state index in [0.29, 0.717) is 18.1 Å². The highest BCUT2D eigenvalue weighted by Crippen LogP contribution is 2.21. The van der Waals surface area contributed by atoms with Crippen LogP contribution in [0.4, 0.5) is 0 Å². The van der Waals surface area contributed by atoms with Gasteiger partial charge in [-0.05, 0) is 43.7 Å². The van der Waals surface area contributed by atoms with E-state index in [9.17, 15) is 0 Å². The molecule has 1 N–H and O–H groups in total. The van der Waals surface area contributed by atoms with Crippen molar-refractivity contribution < 1.29 is 4.74 Å². The number of hydrogen-bond acceptors (Lipinski definition) is 2. The van der Waals surface area contributed by atoms with Gasteiger partial charge in [0.25, 0.3) is 0 Å². The van der Waals surface area contributed by atoms with Crippen molar-refractivity contribution in [1.82, 2.24) is 5.32 Å². The van der Waals surface area contributed by atoms with Gasteiger partial charge in [-0.25, -0.2) is 0 Å². The second-order valence-electron chi connectivity index (χ2n) is 5.97. The summed E-state index contributed by atoms with van der Waals surface area (Å²) in [5.41, 5.74) is 1.41. The SMILES string of the molecule is CC(C)C[C@@H](NCC[C@H]1CCCO1)c1ccccc1. The summed E-state index contributed by atoms with van der Waals surface area (Å²) in [6, 6.07) is 11.3. The Morgan fingerprint density at radius 1 is 1.26 bits per heavy atom. The van der Waals surface area contributed by atoms with Gasteiger partial charge >= 0.3 is 0 Å². The highest BCUT2D eigenvalue weighted by molar-refractivity contribution is 5.18. The third kappa shape index (κ3) is 4.96. The van der Waals surface area contributed by atoms with Gasteiger partial charge in [-0.2, -0.15) is 0 Å². The molecule has 2 atom stereocenters. The van der Waals surface area contributed by atoms with Crippen LogP contribution in [-0.2, 0) is 4.74 Å². The lowest BCUT2D eigenvalue weighted by Crippen LogP contribution is -2.26. The quantitative estimate of drug-likeness (QED) is 0.803. The van der Waals surface area contributed by atoms with Crippen LogP contribution in [0.15, 0.2) is 30.3 Å². The molecule has 0 spiro atoms. The predicted molar refractivity (Wildman–Crippen MR) is 80.2 cm³/mol. The van der Waals surface area contributed by atoms with Crippen LogP contribution in [-0.4, -0.2) is 19.3 Å². The Bertz CT molecular complexity index is 344. The van der Waals surface area contributed by atoms with Crippen LogP contribution in [0.1, 0.15) is 51.1 Å². The first-order chi connectivity index (χ1) is 9.25. The van der Waals surface area contributed by atoms with Gasteiger partial charge in [0.15, 0.2) is 0 Å². The van der Waals surface area contributed by atoms with Crippen molar-refractivity contribution in [2.24, 2.45) is 5.92 Å². The van der Waals surface area contributed by atoms with E-state index in [1.165, 1.54) is 24.8 Å². The minimum Gasteiger partial charge on any atom is -0.378 e. The molecular weight excluding hydrogens is 234 g/mol. The average Bonchev–Trinajstić information content (AvgIpc) is 2.91. The summed E-state index contributed by atoms with van der Waals surface area (Å²) >= 11 is 0. The van der Waals surface area contributed by atoms with Crippen molar-refractivity contribution in [1.29, 1.82) is 0 Å². The zero-order chi connectivity index (χ0) is 13.5. The maximum Gasteiger partial charge on any atom is 0.0588 e. The predicted octanol–water partition coefficient (Wildman–Crippen LogP) is 3.93.